The van der Waals surface area contributed by atoms with Gasteiger partial charge in [0.15, 0.2) is 34.3 Å². The molecule has 20 rings (SSSR count). The van der Waals surface area contributed by atoms with Gasteiger partial charge in [0.25, 0.3) is 29.5 Å². The second-order valence-electron chi connectivity index (χ2n) is 29.5. The van der Waals surface area contributed by atoms with Crippen LogP contribution in [0.5, 0.6) is 17.2 Å². The number of aromatic hydroxyl groups is 1. The van der Waals surface area contributed by atoms with Gasteiger partial charge in [-0.05, 0) is 137 Å². The predicted molar refractivity (Wildman–Crippen MR) is 389 cm³/mol. The van der Waals surface area contributed by atoms with Crippen molar-refractivity contribution in [3.05, 3.63) is 261 Å². The number of hydrogen-bond donors (Lipinski definition) is 3. The van der Waals surface area contributed by atoms with Gasteiger partial charge in [-0.25, -0.2) is 35.5 Å². The van der Waals surface area contributed by atoms with Crippen molar-refractivity contribution in [1.29, 1.82) is 0 Å². The number of aryl methyl sites for hydroxylation is 1. The normalized spacial score (nSPS) is 21.8. The van der Waals surface area contributed by atoms with Gasteiger partial charge in [0.2, 0.25) is 16.3 Å². The van der Waals surface area contributed by atoms with E-state index in [4.69, 9.17) is 14.2 Å². The van der Waals surface area contributed by atoms with Crippen molar-refractivity contribution in [2.75, 3.05) is 6.61 Å². The lowest BCUT2D eigenvalue weighted by Gasteiger charge is -2.54. The summed E-state index contributed by atoms with van der Waals surface area (Å²) < 4.78 is 115. The molecular formula is C83H81F7N8O13. The first-order valence-corrected chi connectivity index (χ1v) is 37.6. The first-order valence-electron chi connectivity index (χ1n) is 37.6. The monoisotopic (exact) mass is 1530 g/mol. The Morgan fingerprint density at radius 1 is 0.441 bits per heavy atom. The molecule has 5 aromatic carbocycles. The third kappa shape index (κ3) is 15.3. The number of carbonyl (C=O) groups excluding carboxylic acids is 6. The number of hydrogen-bond acceptors (Lipinski definition) is 13. The fraction of sp³-hybridized carbons (Fsp3) is 0.386. The summed E-state index contributed by atoms with van der Waals surface area (Å²) in [5, 5.41) is 15.3. The molecule has 0 unspecified atom stereocenters. The van der Waals surface area contributed by atoms with Gasteiger partial charge in [-0.15, -0.1) is 0 Å². The van der Waals surface area contributed by atoms with Crippen molar-refractivity contribution in [2.45, 2.75) is 180 Å². The van der Waals surface area contributed by atoms with Crippen molar-refractivity contribution in [3.8, 4) is 17.2 Å². The number of piperidine rings is 6. The van der Waals surface area contributed by atoms with Gasteiger partial charge in [0.05, 0.1) is 24.7 Å². The molecule has 0 radical (unpaired) electrons. The van der Waals surface area contributed by atoms with E-state index < -0.39 is 104 Å². The second kappa shape index (κ2) is 32.3. The lowest BCUT2D eigenvalue weighted by atomic mass is 9.73. The molecular weight excluding hydrogens is 1450 g/mol. The highest BCUT2D eigenvalue weighted by Gasteiger charge is 2.52. The number of aromatic nitrogens is 3. The van der Waals surface area contributed by atoms with Crippen molar-refractivity contribution in [2.24, 2.45) is 17.8 Å². The quantitative estimate of drug-likeness (QED) is 0.0639. The van der Waals surface area contributed by atoms with Gasteiger partial charge in [0, 0.05) is 105 Å². The van der Waals surface area contributed by atoms with E-state index in [0.29, 0.717) is 61.5 Å². The van der Waals surface area contributed by atoms with E-state index in [-0.39, 0.29) is 120 Å². The molecule has 3 atom stereocenters. The van der Waals surface area contributed by atoms with E-state index in [1.807, 2.05) is 77.4 Å². The second-order valence-corrected chi connectivity index (χ2v) is 29.5. The maximum atomic E-state index is 14.1. The number of fused-ring (bicyclic) bond motifs is 9. The predicted octanol–water partition coefficient (Wildman–Crippen LogP) is 11.9. The lowest BCUT2D eigenvalue weighted by molar-refractivity contribution is -0.0186. The highest BCUT2D eigenvalue weighted by molar-refractivity contribution is 6.01. The Kier molecular flexibility index (Phi) is 22.3. The Hall–Kier alpha value is -11.3. The van der Waals surface area contributed by atoms with Crippen LogP contribution in [0.25, 0.3) is 0 Å². The topological polar surface area (TPSA) is 250 Å². The minimum atomic E-state index is -1.18. The number of carbonyl (C=O) groups is 6. The molecule has 3 N–H and O–H groups in total. The molecule has 3 aliphatic carbocycles. The Balaban J connectivity index is 0.000000131. The van der Waals surface area contributed by atoms with Gasteiger partial charge in [-0.1, -0.05) is 79.7 Å². The van der Waals surface area contributed by atoms with E-state index in [1.165, 1.54) is 41.4 Å². The van der Waals surface area contributed by atoms with Crippen LogP contribution in [0, 0.1) is 58.5 Å². The van der Waals surface area contributed by atoms with E-state index >= 15 is 0 Å². The first kappa shape index (κ1) is 76.4. The molecule has 0 spiro atoms. The molecule has 12 aliphatic rings. The molecule has 6 bridgehead atoms. The standard InChI is InChI=1S/C29H27F2N3O4.C24H26N2O5.C22H20F3N3O4.C8H8F2/c30-20-9-6-19(23(31)12-20)13-32-28(36)22-14-33-15-24-18-7-10-21(11-8-18)34(24)29(37)25(33)27(26(22)35)38-16-17-4-2-1-3-5-17;1-2-30-24(29)18-12-25-13-19-16-8-10-17(11-9-16)26(19)23(28)20(25)22(21(18)27)31-14-15-6-4-3-5-7-15;23-11-5-15(24)13(16(25)6-11)7-26-21(31)14-8-27-9-17-10-1-3-12(4-2-10)28(17)22(32)18(27)20(30)19(14)29;1-2-6-3-4-7(9)5-8(6)10/h1-6,9,12,14,18,21,24H,7-8,10-11,13,15-16H2,(H,32,36);3-7,12,16-17,19H,2,8-11,13-14H2,1H3;5-6,8,10,12,17,30H,1-4,7,9H2,(H,26,31);3-5H,2H2,1H3/t18?,21?,24-;16?,17?,19-;10?,12?,17-;/m000./s1. The number of nitrogens with one attached hydrogen (secondary N) is 2. The number of nitrogens with zero attached hydrogens (tertiary/aromatic N) is 6. The Labute approximate surface area is 632 Å². The van der Waals surface area contributed by atoms with Crippen molar-refractivity contribution in [1.82, 2.24) is 39.0 Å². The average molecular weight is 1530 g/mol. The zero-order valence-corrected chi connectivity index (χ0v) is 60.8. The number of rotatable bonds is 15. The van der Waals surface area contributed by atoms with Crippen LogP contribution >= 0.6 is 0 Å². The molecule has 3 aromatic heterocycles. The molecule has 111 heavy (non-hydrogen) atoms. The molecule has 580 valence electrons. The largest absolute Gasteiger partial charge is 0.503 e. The molecule has 9 aliphatic heterocycles. The van der Waals surface area contributed by atoms with Gasteiger partial charge in [0.1, 0.15) is 70.6 Å². The van der Waals surface area contributed by atoms with Crippen LogP contribution in [-0.2, 0) is 57.1 Å². The maximum absolute atomic E-state index is 14.1. The van der Waals surface area contributed by atoms with Crippen molar-refractivity contribution < 1.29 is 78.8 Å². The molecule has 3 saturated carbocycles. The summed E-state index contributed by atoms with van der Waals surface area (Å²) >= 11 is 0. The van der Waals surface area contributed by atoms with Gasteiger partial charge in [-0.3, -0.25) is 38.4 Å². The average Bonchev–Trinajstić information content (AvgIpc) is 0.739. The molecule has 12 heterocycles. The zero-order chi connectivity index (χ0) is 78.2. The number of amides is 5. The fourth-order valence-corrected chi connectivity index (χ4v) is 17.6. The number of ether oxygens (including phenoxy) is 3. The van der Waals surface area contributed by atoms with Crippen LogP contribution < -0.4 is 36.4 Å². The summed E-state index contributed by atoms with van der Waals surface area (Å²) in [6, 6.07) is 26.9. The van der Waals surface area contributed by atoms with Crippen molar-refractivity contribution in [3.63, 3.8) is 0 Å². The van der Waals surface area contributed by atoms with Crippen LogP contribution in [0.3, 0.4) is 0 Å². The molecule has 8 aromatic rings. The minimum absolute atomic E-state index is 0.0104. The van der Waals surface area contributed by atoms with E-state index in [9.17, 15) is 79.0 Å². The summed E-state index contributed by atoms with van der Waals surface area (Å²) in [5.41, 5.74) is -1.02. The summed E-state index contributed by atoms with van der Waals surface area (Å²) in [7, 11) is 0. The van der Waals surface area contributed by atoms with E-state index in [2.05, 4.69) is 10.6 Å². The van der Waals surface area contributed by atoms with Crippen LogP contribution in [0.15, 0.2) is 142 Å². The zero-order valence-electron chi connectivity index (χ0n) is 60.8. The highest BCUT2D eigenvalue weighted by atomic mass is 19.2. The Morgan fingerprint density at radius 2 is 0.820 bits per heavy atom. The van der Waals surface area contributed by atoms with Gasteiger partial charge in [-0.2, -0.15) is 0 Å². The summed E-state index contributed by atoms with van der Waals surface area (Å²) in [5.74, 6) is -9.01. The summed E-state index contributed by atoms with van der Waals surface area (Å²) in [6.45, 7) is 4.40. The third-order valence-corrected chi connectivity index (χ3v) is 23.1. The van der Waals surface area contributed by atoms with Gasteiger partial charge >= 0.3 is 5.97 Å². The fourth-order valence-electron chi connectivity index (χ4n) is 17.6. The summed E-state index contributed by atoms with van der Waals surface area (Å²) in [6.07, 6.45) is 16.8. The molecule has 9 fully saturated rings. The molecule has 21 nitrogen and oxygen atoms in total. The smallest absolute Gasteiger partial charge is 0.343 e. The lowest BCUT2D eigenvalue weighted by Crippen LogP contribution is -2.62. The molecule has 28 heteroatoms. The number of benzene rings is 5. The van der Waals surface area contributed by atoms with Crippen LogP contribution in [0.4, 0.5) is 30.7 Å². The Bertz CT molecular complexity index is 5130. The third-order valence-electron chi connectivity index (χ3n) is 23.1. The molecule has 5 amide bonds. The van der Waals surface area contributed by atoms with E-state index in [1.54, 1.807) is 21.0 Å². The van der Waals surface area contributed by atoms with Crippen LogP contribution in [0.2, 0.25) is 0 Å². The van der Waals surface area contributed by atoms with Crippen molar-refractivity contribution >= 4 is 35.5 Å². The van der Waals surface area contributed by atoms with Gasteiger partial charge < -0.3 is 58.4 Å². The van der Waals surface area contributed by atoms with Crippen LogP contribution in [-0.4, -0.2) is 112 Å². The number of halogens is 7. The summed E-state index contributed by atoms with van der Waals surface area (Å²) in [4.78, 5) is 124. The highest BCUT2D eigenvalue weighted by Crippen LogP contribution is 2.47. The Morgan fingerprint density at radius 3 is 1.24 bits per heavy atom. The number of pyridine rings is 3. The first-order chi connectivity index (χ1) is 53.5. The van der Waals surface area contributed by atoms with Crippen LogP contribution in [0.1, 0.15) is 181 Å². The SMILES string of the molecule is CCOC(=O)c1cn2c(c(OCc3ccccc3)c1=O)C(=O)N1C3CCC(CC3)[C@@H]1C2.CCc1ccc(F)cc1F.O=C(NCc1c(F)cc(F)cc1F)c1cn2c(c(O)c1=O)C(=O)N1C3CCC(CC3)[C@@H]1C2.O=C(NCc1ccc(F)cc1F)c1cn2c(c(OCc3ccccc3)c1=O)C(=O)N1C3CCC(CC3)[C@@H]1C2. The van der Waals surface area contributed by atoms with E-state index in [0.717, 1.165) is 106 Å². The maximum Gasteiger partial charge on any atom is 0.343 e. The minimum Gasteiger partial charge on any atom is -0.503 e. The number of esters is 1. The molecule has 6 saturated heterocycles.